The van der Waals surface area contributed by atoms with Gasteiger partial charge in [-0.05, 0) is 181 Å². The lowest BCUT2D eigenvalue weighted by molar-refractivity contribution is -0.144. The molecule has 0 atom stereocenters. The van der Waals surface area contributed by atoms with Gasteiger partial charge in [-0.3, -0.25) is 61.8 Å². The molecule has 774 valence electrons. The Balaban J connectivity index is 0.000000156. The number of benzene rings is 1. The highest BCUT2D eigenvalue weighted by atomic mass is 32.1. The summed E-state index contributed by atoms with van der Waals surface area (Å²) >= 11 is 8.11. The molecule has 0 radical (unpaired) electrons. The molecule has 16 heterocycles. The molecule has 6 amide bonds. The molecular formula is C93H83F20N19O7S7. The topological polar surface area (TPSA) is 299 Å². The van der Waals surface area contributed by atoms with Crippen LogP contribution in [0.25, 0.3) is 63.4 Å². The molecule has 26 nitrogen and oxygen atoms in total. The summed E-state index contributed by atoms with van der Waals surface area (Å²) in [6.45, 7) is 7.24. The molecule has 53 heteroatoms. The van der Waals surface area contributed by atoms with Gasteiger partial charge < -0.3 is 35.9 Å². The van der Waals surface area contributed by atoms with Crippen LogP contribution in [0.1, 0.15) is 147 Å². The summed E-state index contributed by atoms with van der Waals surface area (Å²) in [6, 6.07) is 38.7. The Kier molecular flexibility index (Phi) is 36.2. The number of furan rings is 1. The Morgan fingerprint density at radius 1 is 0.370 bits per heavy atom. The average Bonchev–Trinajstić information content (AvgIpc) is 1.68. The number of rotatable bonds is 25. The van der Waals surface area contributed by atoms with Crippen LogP contribution in [0.5, 0.6) is 0 Å². The van der Waals surface area contributed by atoms with E-state index in [4.69, 9.17) is 4.42 Å². The van der Waals surface area contributed by atoms with E-state index in [1.54, 1.807) is 90.1 Å². The maximum absolute atomic E-state index is 13.1. The van der Waals surface area contributed by atoms with Gasteiger partial charge in [-0.25, -0.2) is 8.78 Å². The van der Waals surface area contributed by atoms with Crippen LogP contribution >= 0.6 is 79.4 Å². The number of aromatic nitrogens is 13. The second kappa shape index (κ2) is 47.6. The van der Waals surface area contributed by atoms with Crippen molar-refractivity contribution < 1.29 is 121 Å². The smallest absolute Gasteiger partial charge is 0.433 e. The maximum atomic E-state index is 13.1. The van der Waals surface area contributed by atoms with Gasteiger partial charge in [0.1, 0.15) is 85.7 Å². The minimum absolute atomic E-state index is 0.0653. The van der Waals surface area contributed by atoms with E-state index >= 15 is 0 Å². The van der Waals surface area contributed by atoms with E-state index in [0.717, 1.165) is 182 Å². The average molecular weight is 2180 g/mol. The van der Waals surface area contributed by atoms with Crippen LogP contribution in [0.4, 0.5) is 87.8 Å². The quantitative estimate of drug-likeness (QED) is 0.0333. The first-order chi connectivity index (χ1) is 68.8. The minimum atomic E-state index is -4.53. The predicted molar refractivity (Wildman–Crippen MR) is 509 cm³/mol. The molecule has 0 aliphatic carbocycles. The lowest BCUT2D eigenvalue weighted by atomic mass is 10.0. The van der Waals surface area contributed by atoms with Gasteiger partial charge in [0.05, 0.1) is 77.9 Å². The molecule has 17 rings (SSSR count). The van der Waals surface area contributed by atoms with Crippen molar-refractivity contribution in [3.8, 4) is 63.4 Å². The Bertz CT molecular complexity index is 6970. The van der Waals surface area contributed by atoms with E-state index in [0.29, 0.717) is 91.4 Å². The monoisotopic (exact) mass is 2180 g/mol. The van der Waals surface area contributed by atoms with Gasteiger partial charge in [0, 0.05) is 98.3 Å². The third kappa shape index (κ3) is 29.8. The molecular weight excluding hydrogens is 2100 g/mol. The summed E-state index contributed by atoms with van der Waals surface area (Å²) in [5, 5.41) is 38.8. The van der Waals surface area contributed by atoms with Gasteiger partial charge in [-0.15, -0.1) is 79.4 Å². The van der Waals surface area contributed by atoms with Crippen molar-refractivity contribution in [1.29, 1.82) is 0 Å². The van der Waals surface area contributed by atoms with Crippen LogP contribution < -0.4 is 26.6 Å². The second-order valence-corrected chi connectivity index (χ2v) is 39.1. The number of alkyl halides is 18. The predicted octanol–water partition coefficient (Wildman–Crippen LogP) is 23.1. The highest BCUT2D eigenvalue weighted by Crippen LogP contribution is 2.42. The summed E-state index contributed by atoms with van der Waals surface area (Å²) in [4.78, 5) is 85.0. The molecule has 0 unspecified atom stereocenters. The van der Waals surface area contributed by atoms with Crippen molar-refractivity contribution in [3.63, 3.8) is 0 Å². The summed E-state index contributed by atoms with van der Waals surface area (Å²) in [5.41, 5.74) is -2.63. The molecule has 1 aliphatic heterocycles. The van der Waals surface area contributed by atoms with Crippen molar-refractivity contribution in [3.05, 3.63) is 285 Å². The van der Waals surface area contributed by atoms with Crippen LogP contribution in [-0.4, -0.2) is 130 Å². The molecule has 146 heavy (non-hydrogen) atoms. The fourth-order valence-electron chi connectivity index (χ4n) is 13.5. The molecule has 16 aromatic rings. The number of carbonyl (C=O) groups excluding carboxylic acids is 6. The number of likely N-dealkylation sites (tertiary alicyclic amines) is 1. The third-order valence-corrected chi connectivity index (χ3v) is 28.7. The number of amides is 6. The molecule has 0 spiro atoms. The highest BCUT2D eigenvalue weighted by molar-refractivity contribution is 7.19. The SMILES string of the molecule is CCC(CC)CNC(=O)c1ccc(-c2cc(C(F)(F)F)n(C)n2)s1.Cn1nc(-c2ccc(C(=O)N3CCC3)s2)cc1C(F)(F)F.Cn1nc(-c2ccc(C(=O)NCCc3cccnc3)s2)cc1C(F)(F)F.Cn1nc(-c2ccc(C(=O)NCc3cc(F)cc(F)c3)s2)cc1C(F)(F)F.Cn1nc(-c2ccc(C(=O)NCc3ccco3)s2)cc1C(F)(F)F.Cn1nc(-c2ccc(C(=O)NCc3cccs3)s2)cc1C(F)(F)F. The Morgan fingerprint density at radius 3 is 0.993 bits per heavy atom. The first-order valence-electron chi connectivity index (χ1n) is 43.2. The molecule has 15 aromatic heterocycles. The van der Waals surface area contributed by atoms with E-state index in [9.17, 15) is 117 Å². The molecule has 1 aromatic carbocycles. The van der Waals surface area contributed by atoms with E-state index in [1.807, 2.05) is 29.6 Å². The van der Waals surface area contributed by atoms with Crippen molar-refractivity contribution in [2.75, 3.05) is 26.2 Å². The molecule has 5 N–H and O–H groups in total. The molecule has 0 saturated carbocycles. The normalized spacial score (nSPS) is 12.2. The van der Waals surface area contributed by atoms with E-state index in [-0.39, 0.29) is 87.2 Å². The maximum Gasteiger partial charge on any atom is 0.433 e. The molecule has 1 saturated heterocycles. The van der Waals surface area contributed by atoms with Gasteiger partial charge in [-0.1, -0.05) is 38.8 Å². The number of thiophene rings is 7. The second-order valence-electron chi connectivity index (χ2n) is 31.6. The highest BCUT2D eigenvalue weighted by Gasteiger charge is 2.41. The minimum Gasteiger partial charge on any atom is -0.467 e. The van der Waals surface area contributed by atoms with Gasteiger partial charge in [0.2, 0.25) is 0 Å². The van der Waals surface area contributed by atoms with Crippen molar-refractivity contribution in [2.24, 2.45) is 48.2 Å². The number of hydrogen-bond donors (Lipinski definition) is 5. The van der Waals surface area contributed by atoms with Crippen molar-refractivity contribution >= 4 is 115 Å². The summed E-state index contributed by atoms with van der Waals surface area (Å²) in [5.74, 6) is -2.10. The van der Waals surface area contributed by atoms with E-state index in [2.05, 4.69) is 76.0 Å². The van der Waals surface area contributed by atoms with Crippen LogP contribution in [0.15, 0.2) is 192 Å². The summed E-state index contributed by atoms with van der Waals surface area (Å²) in [6.07, 6.45) is -18.3. The van der Waals surface area contributed by atoms with Gasteiger partial charge in [-0.2, -0.15) is 110 Å². The zero-order valence-corrected chi connectivity index (χ0v) is 83.0. The zero-order chi connectivity index (χ0) is 106. The van der Waals surface area contributed by atoms with Crippen molar-refractivity contribution in [1.82, 2.24) is 95.2 Å². The number of nitrogens with one attached hydrogen (secondary N) is 5. The number of halogens is 20. The molecule has 0 bridgehead atoms. The third-order valence-electron chi connectivity index (χ3n) is 21.2. The van der Waals surface area contributed by atoms with Gasteiger partial charge in [0.25, 0.3) is 35.4 Å². The summed E-state index contributed by atoms with van der Waals surface area (Å²) < 4.78 is 267. The Hall–Kier alpha value is -13.8. The van der Waals surface area contributed by atoms with Crippen LogP contribution in [0.2, 0.25) is 0 Å². The lowest BCUT2D eigenvalue weighted by Gasteiger charge is -2.30. The first kappa shape index (κ1) is 111. The number of pyridine rings is 1. The van der Waals surface area contributed by atoms with Crippen LogP contribution in [0, 0.1) is 17.6 Å². The Morgan fingerprint density at radius 2 is 0.699 bits per heavy atom. The van der Waals surface area contributed by atoms with Gasteiger partial charge >= 0.3 is 37.1 Å². The fraction of sp³-hybridized carbons (Fsp3) is 0.280. The first-order valence-corrected chi connectivity index (χ1v) is 48.9. The largest absolute Gasteiger partial charge is 0.467 e. The number of aryl methyl sites for hydroxylation is 6. The zero-order valence-electron chi connectivity index (χ0n) is 77.3. The van der Waals surface area contributed by atoms with Crippen LogP contribution in [-0.2, 0) is 105 Å². The number of carbonyl (C=O) groups is 6. The van der Waals surface area contributed by atoms with E-state index < -0.39 is 88.8 Å². The lowest BCUT2D eigenvalue weighted by Crippen LogP contribution is -2.41. The van der Waals surface area contributed by atoms with Crippen LogP contribution in [0.3, 0.4) is 0 Å². The molecule has 1 aliphatic rings. The van der Waals surface area contributed by atoms with E-state index in [1.165, 1.54) is 83.4 Å². The number of nitrogens with zero attached hydrogens (tertiary/aromatic N) is 14. The number of hydrogen-bond acceptors (Lipinski definition) is 21. The molecule has 1 fully saturated rings. The fourth-order valence-corrected chi connectivity index (χ4v) is 19.5. The standard InChI is InChI=1S/C17H12F5N3OS.C17H15F3N4OS.C16H20F3N3OS.C15H12F3N3O2S.C15H12F3N3OS2.C13H12F3N3OS/c1-25-15(17(20,21)22)7-12(24-25)13-2-3-14(27-13)16(26)23-8-9-4-10(18)6-11(19)5-9;1-24-15(17(18,19)20)9-12(23-24)13-4-5-14(26-13)16(25)22-8-6-11-3-2-7-21-10-11;1-4-10(5-2)9-20-15(23)13-7-6-12(24-13)11-8-14(16(17,18)19)22(3)21-11;2*1-21-13(15(16,17)18)7-10(20-21)11-4-5-12(24-11)14(22)19-8-9-3-2-6-23-9;1-18-11(13(14,15)16)7-8(17-18)9-3-4-10(21-9)12(20)19-5-2-6-19/h2-7H,8H2,1H3,(H,23,26);2-5,7,9-10H,6,8H2,1H3,(H,22,25);6-8,10H,4-5,9H2,1-3H3,(H,20,23);2*2-7H,8H2,1H3,(H,19,22);3-4,7H,2,5-6H2,1H3. The summed E-state index contributed by atoms with van der Waals surface area (Å²) in [7, 11) is 7.42. The Labute approximate surface area is 844 Å². The van der Waals surface area contributed by atoms with Crippen molar-refractivity contribution in [2.45, 2.75) is 96.2 Å². The van der Waals surface area contributed by atoms with Gasteiger partial charge in [0.15, 0.2) is 0 Å².